The molecule has 22 heavy (non-hydrogen) atoms. The minimum Gasteiger partial charge on any atom is -0.316 e. The van der Waals surface area contributed by atoms with E-state index in [-0.39, 0.29) is 5.41 Å². The molecular weight excluding hydrogens is 276 g/mol. The van der Waals surface area contributed by atoms with Gasteiger partial charge in [0.1, 0.15) is 0 Å². The molecule has 5 nitrogen and oxygen atoms in total. The fourth-order valence-corrected chi connectivity index (χ4v) is 4.06. The Morgan fingerprint density at radius 1 is 1.27 bits per heavy atom. The van der Waals surface area contributed by atoms with Gasteiger partial charge in [-0.2, -0.15) is 5.10 Å². The number of aromatic amines is 1. The smallest absolute Gasteiger partial charge is 0.234 e. The molecule has 1 saturated carbocycles. The summed E-state index contributed by atoms with van der Waals surface area (Å²) in [7, 11) is 0. The van der Waals surface area contributed by atoms with E-state index in [0.717, 1.165) is 43.7 Å². The maximum absolute atomic E-state index is 12.9. The van der Waals surface area contributed by atoms with Crippen molar-refractivity contribution in [2.24, 2.45) is 5.41 Å². The van der Waals surface area contributed by atoms with Crippen LogP contribution in [0, 0.1) is 5.41 Å². The van der Waals surface area contributed by atoms with Crippen molar-refractivity contribution in [1.29, 1.82) is 0 Å². The molecule has 3 aliphatic rings. The summed E-state index contributed by atoms with van der Waals surface area (Å²) in [5.41, 5.74) is 3.14. The van der Waals surface area contributed by atoms with Crippen LogP contribution in [0.4, 0.5) is 5.69 Å². The van der Waals surface area contributed by atoms with Gasteiger partial charge < -0.3 is 10.2 Å². The van der Waals surface area contributed by atoms with Crippen LogP contribution in [0.15, 0.2) is 18.2 Å². The molecular formula is C17H20N4O. The third kappa shape index (κ3) is 1.69. The minimum absolute atomic E-state index is 0.148. The van der Waals surface area contributed by atoms with Crippen LogP contribution in [0.1, 0.15) is 37.3 Å². The third-order valence-electron chi connectivity index (χ3n) is 5.61. The van der Waals surface area contributed by atoms with Crippen LogP contribution < -0.4 is 10.2 Å². The second kappa shape index (κ2) is 4.32. The Morgan fingerprint density at radius 3 is 2.95 bits per heavy atom. The van der Waals surface area contributed by atoms with Gasteiger partial charge in [0.25, 0.3) is 0 Å². The van der Waals surface area contributed by atoms with Crippen LogP contribution in [0.2, 0.25) is 0 Å². The fraction of sp³-hybridized carbons (Fsp3) is 0.529. The Morgan fingerprint density at radius 2 is 2.18 bits per heavy atom. The minimum atomic E-state index is -0.148. The first-order valence-electron chi connectivity index (χ1n) is 8.28. The first-order chi connectivity index (χ1) is 10.8. The molecule has 1 aromatic carbocycles. The number of rotatable bonds is 2. The Balaban J connectivity index is 1.53. The van der Waals surface area contributed by atoms with Gasteiger partial charge in [-0.3, -0.25) is 9.89 Å². The van der Waals surface area contributed by atoms with Crippen LogP contribution in [0.25, 0.3) is 10.9 Å². The molecule has 5 rings (SSSR count). The first kappa shape index (κ1) is 12.6. The Labute approximate surface area is 129 Å². The molecule has 3 heterocycles. The van der Waals surface area contributed by atoms with E-state index in [0.29, 0.717) is 11.8 Å². The van der Waals surface area contributed by atoms with E-state index in [2.05, 4.69) is 33.7 Å². The van der Waals surface area contributed by atoms with Gasteiger partial charge in [-0.15, -0.1) is 0 Å². The van der Waals surface area contributed by atoms with Crippen molar-refractivity contribution in [2.45, 2.75) is 31.6 Å². The number of benzene rings is 1. The van der Waals surface area contributed by atoms with E-state index in [9.17, 15) is 4.79 Å². The highest BCUT2D eigenvalue weighted by atomic mass is 16.2. The number of nitrogens with zero attached hydrogens (tertiary/aromatic N) is 2. The van der Waals surface area contributed by atoms with Crippen molar-refractivity contribution in [3.63, 3.8) is 0 Å². The predicted molar refractivity (Wildman–Crippen MR) is 85.0 cm³/mol. The first-order valence-corrected chi connectivity index (χ1v) is 8.28. The number of aromatic nitrogens is 2. The second-order valence-corrected chi connectivity index (χ2v) is 7.03. The van der Waals surface area contributed by atoms with E-state index in [1.807, 2.05) is 4.90 Å². The van der Waals surface area contributed by atoms with Crippen LogP contribution in [-0.4, -0.2) is 35.7 Å². The molecule has 1 spiro atoms. The van der Waals surface area contributed by atoms with Gasteiger partial charge in [0.05, 0.1) is 16.6 Å². The zero-order valence-corrected chi connectivity index (χ0v) is 12.6. The van der Waals surface area contributed by atoms with Gasteiger partial charge >= 0.3 is 0 Å². The van der Waals surface area contributed by atoms with Gasteiger partial charge in [0, 0.05) is 30.1 Å². The number of H-pyrrole nitrogens is 1. The molecule has 0 radical (unpaired) electrons. The highest BCUT2D eigenvalue weighted by Gasteiger charge is 2.48. The van der Waals surface area contributed by atoms with E-state index < -0.39 is 0 Å². The molecule has 1 aliphatic carbocycles. The number of nitrogens with one attached hydrogen (secondary N) is 2. The molecule has 1 amide bonds. The number of fused-ring (bicyclic) bond motifs is 1. The summed E-state index contributed by atoms with van der Waals surface area (Å²) in [6.45, 7) is 2.64. The molecule has 0 bridgehead atoms. The topological polar surface area (TPSA) is 61.0 Å². The van der Waals surface area contributed by atoms with Crippen LogP contribution in [-0.2, 0) is 4.79 Å². The number of amides is 1. The number of hydrogen-bond donors (Lipinski definition) is 2. The van der Waals surface area contributed by atoms with Crippen LogP contribution in [0.5, 0.6) is 0 Å². The Hall–Kier alpha value is -1.88. The predicted octanol–water partition coefficient (Wildman–Crippen LogP) is 2.16. The second-order valence-electron chi connectivity index (χ2n) is 7.03. The number of hydrogen-bond acceptors (Lipinski definition) is 3. The quantitative estimate of drug-likeness (QED) is 0.892. The van der Waals surface area contributed by atoms with Crippen molar-refractivity contribution in [3.8, 4) is 0 Å². The van der Waals surface area contributed by atoms with Crippen LogP contribution in [0.3, 0.4) is 0 Å². The SMILES string of the molecule is O=C1N(c2ccc3[nH]nc(C4CC4)c3c2)CCC12CCNC2. The average molecular weight is 296 g/mol. The Kier molecular flexibility index (Phi) is 2.48. The molecule has 1 unspecified atom stereocenters. The van der Waals surface area contributed by atoms with Gasteiger partial charge in [-0.25, -0.2) is 0 Å². The summed E-state index contributed by atoms with van der Waals surface area (Å²) in [6.07, 6.45) is 4.42. The lowest BCUT2D eigenvalue weighted by Crippen LogP contribution is -2.36. The van der Waals surface area contributed by atoms with E-state index in [4.69, 9.17) is 0 Å². The number of anilines is 1. The molecule has 2 aliphatic heterocycles. The molecule has 3 fully saturated rings. The lowest BCUT2D eigenvalue weighted by molar-refractivity contribution is -0.124. The molecule has 114 valence electrons. The summed E-state index contributed by atoms with van der Waals surface area (Å²) < 4.78 is 0. The normalized spacial score (nSPS) is 28.4. The van der Waals surface area contributed by atoms with Gasteiger partial charge in [-0.05, 0) is 50.4 Å². The molecule has 1 atom stereocenters. The van der Waals surface area contributed by atoms with Crippen molar-refractivity contribution < 1.29 is 4.79 Å². The maximum Gasteiger partial charge on any atom is 0.234 e. The van der Waals surface area contributed by atoms with Crippen molar-refractivity contribution in [3.05, 3.63) is 23.9 Å². The summed E-state index contributed by atoms with van der Waals surface area (Å²) in [6, 6.07) is 6.27. The third-order valence-corrected chi connectivity index (χ3v) is 5.61. The van der Waals surface area contributed by atoms with Crippen molar-refractivity contribution in [1.82, 2.24) is 15.5 Å². The molecule has 2 N–H and O–H groups in total. The molecule has 2 saturated heterocycles. The molecule has 5 heteroatoms. The zero-order valence-electron chi connectivity index (χ0n) is 12.6. The lowest BCUT2D eigenvalue weighted by atomic mass is 9.86. The summed E-state index contributed by atoms with van der Waals surface area (Å²) in [5, 5.41) is 12.1. The molecule has 2 aromatic rings. The average Bonchev–Trinajstić information content (AvgIpc) is 2.99. The number of carbonyl (C=O) groups is 1. The highest BCUT2D eigenvalue weighted by Crippen LogP contribution is 2.44. The van der Waals surface area contributed by atoms with Gasteiger partial charge in [0.15, 0.2) is 0 Å². The lowest BCUT2D eigenvalue weighted by Gasteiger charge is -2.22. The van der Waals surface area contributed by atoms with Gasteiger partial charge in [-0.1, -0.05) is 0 Å². The summed E-state index contributed by atoms with van der Waals surface area (Å²) >= 11 is 0. The van der Waals surface area contributed by atoms with E-state index in [1.54, 1.807) is 0 Å². The van der Waals surface area contributed by atoms with Crippen LogP contribution >= 0.6 is 0 Å². The largest absolute Gasteiger partial charge is 0.316 e. The van der Waals surface area contributed by atoms with E-state index in [1.165, 1.54) is 23.9 Å². The monoisotopic (exact) mass is 296 g/mol. The molecule has 1 aromatic heterocycles. The highest BCUT2D eigenvalue weighted by molar-refractivity contribution is 6.02. The fourth-order valence-electron chi connectivity index (χ4n) is 4.06. The standard InChI is InChI=1S/C17H20N4O/c22-16-17(5-7-18-10-17)6-8-21(16)12-3-4-14-13(9-12)15(20-19-14)11-1-2-11/h3-4,9,11,18H,1-2,5-8,10H2,(H,19,20). The number of carbonyl (C=O) groups excluding carboxylic acids is 1. The van der Waals surface area contributed by atoms with Crippen molar-refractivity contribution in [2.75, 3.05) is 24.5 Å². The summed E-state index contributed by atoms with van der Waals surface area (Å²) in [5.74, 6) is 0.914. The van der Waals surface area contributed by atoms with Gasteiger partial charge in [0.2, 0.25) is 5.91 Å². The maximum atomic E-state index is 12.9. The zero-order chi connectivity index (χ0) is 14.7. The summed E-state index contributed by atoms with van der Waals surface area (Å²) in [4.78, 5) is 14.9. The Bertz CT molecular complexity index is 755. The van der Waals surface area contributed by atoms with E-state index >= 15 is 0 Å². The van der Waals surface area contributed by atoms with Crippen molar-refractivity contribution >= 4 is 22.5 Å².